The Morgan fingerprint density at radius 3 is 1.61 bits per heavy atom. The van der Waals surface area contributed by atoms with Gasteiger partial charge in [-0.1, -0.05) is 76.9 Å². The van der Waals surface area contributed by atoms with Gasteiger partial charge in [0.25, 0.3) is 0 Å². The number of rotatable bonds is 27. The average molecular weight is 444 g/mol. The summed E-state index contributed by atoms with van der Waals surface area (Å²) in [5.41, 5.74) is 0. The predicted octanol–water partition coefficient (Wildman–Crippen LogP) is 5.66. The van der Waals surface area contributed by atoms with Gasteiger partial charge in [-0.3, -0.25) is 0 Å². The Labute approximate surface area is 193 Å². The molecule has 0 spiro atoms. The molecule has 0 aliphatic heterocycles. The van der Waals surface area contributed by atoms with Crippen LogP contribution in [0.1, 0.15) is 96.8 Å². The highest BCUT2D eigenvalue weighted by Gasteiger charge is 1.94. The topological polar surface area (TPSA) is 60.0 Å². The van der Waals surface area contributed by atoms with E-state index in [0.717, 1.165) is 19.6 Å². The summed E-state index contributed by atoms with van der Waals surface area (Å²) in [5.74, 6) is 0. The maximum Gasteiger partial charge on any atom is 0.0701 e. The van der Waals surface area contributed by atoms with Gasteiger partial charge < -0.3 is 24.6 Å². The molecule has 0 aromatic rings. The molecule has 0 unspecified atom stereocenters. The van der Waals surface area contributed by atoms with Gasteiger partial charge in [0.15, 0.2) is 0 Å². The van der Waals surface area contributed by atoms with Crippen LogP contribution in [0.4, 0.5) is 0 Å². The third-order valence-corrected chi connectivity index (χ3v) is 5.26. The SMILES string of the molecule is CCCCCCCC/C=C/CCCCCCCCOCCOCCOCCNCCO. The lowest BCUT2D eigenvalue weighted by molar-refractivity contribution is 0.0144. The molecule has 0 saturated heterocycles. The molecule has 0 heterocycles. The van der Waals surface area contributed by atoms with Crippen LogP contribution >= 0.6 is 0 Å². The first-order chi connectivity index (χ1) is 15.4. The van der Waals surface area contributed by atoms with Gasteiger partial charge in [-0.15, -0.1) is 0 Å². The van der Waals surface area contributed by atoms with Crippen molar-refractivity contribution in [2.75, 3.05) is 59.3 Å². The molecule has 0 bridgehead atoms. The molecular formula is C26H53NO4. The molecule has 0 atom stereocenters. The fraction of sp³-hybridized carbons (Fsp3) is 0.923. The fourth-order valence-corrected chi connectivity index (χ4v) is 3.34. The van der Waals surface area contributed by atoms with Crippen molar-refractivity contribution in [3.8, 4) is 0 Å². The first-order valence-corrected chi connectivity index (χ1v) is 13.1. The zero-order valence-corrected chi connectivity index (χ0v) is 20.6. The van der Waals surface area contributed by atoms with E-state index in [4.69, 9.17) is 19.3 Å². The fourth-order valence-electron chi connectivity index (χ4n) is 3.34. The van der Waals surface area contributed by atoms with Crippen LogP contribution < -0.4 is 5.32 Å². The monoisotopic (exact) mass is 443 g/mol. The van der Waals surface area contributed by atoms with Crippen LogP contribution in [0.5, 0.6) is 0 Å². The number of unbranched alkanes of at least 4 members (excludes halogenated alkanes) is 12. The molecule has 0 aromatic heterocycles. The number of nitrogens with one attached hydrogen (secondary N) is 1. The van der Waals surface area contributed by atoms with Gasteiger partial charge >= 0.3 is 0 Å². The summed E-state index contributed by atoms with van der Waals surface area (Å²) < 4.78 is 16.5. The minimum absolute atomic E-state index is 0.167. The first kappa shape index (κ1) is 30.5. The van der Waals surface area contributed by atoms with Crippen molar-refractivity contribution in [3.05, 3.63) is 12.2 Å². The molecule has 0 rings (SSSR count). The van der Waals surface area contributed by atoms with Gasteiger partial charge in [-0.25, -0.2) is 0 Å². The minimum atomic E-state index is 0.167. The van der Waals surface area contributed by atoms with Gasteiger partial charge in [0.05, 0.1) is 39.6 Å². The van der Waals surface area contributed by atoms with Gasteiger partial charge in [-0.05, 0) is 32.1 Å². The maximum atomic E-state index is 8.62. The largest absolute Gasteiger partial charge is 0.395 e. The average Bonchev–Trinajstić information content (AvgIpc) is 2.78. The Hall–Kier alpha value is -0.460. The number of ether oxygens (including phenoxy) is 3. The summed E-state index contributed by atoms with van der Waals surface area (Å²) in [7, 11) is 0. The molecule has 31 heavy (non-hydrogen) atoms. The van der Waals surface area contributed by atoms with Crippen LogP contribution in [0.25, 0.3) is 0 Å². The maximum absolute atomic E-state index is 8.62. The smallest absolute Gasteiger partial charge is 0.0701 e. The van der Waals surface area contributed by atoms with Crippen LogP contribution in [0.15, 0.2) is 12.2 Å². The Bertz CT molecular complexity index is 339. The van der Waals surface area contributed by atoms with Crippen LogP contribution in [-0.4, -0.2) is 64.4 Å². The van der Waals surface area contributed by atoms with Crippen molar-refractivity contribution in [3.63, 3.8) is 0 Å². The van der Waals surface area contributed by atoms with E-state index in [9.17, 15) is 0 Å². The molecule has 0 saturated carbocycles. The van der Waals surface area contributed by atoms with Gasteiger partial charge in [0, 0.05) is 19.7 Å². The number of aliphatic hydroxyl groups is 1. The predicted molar refractivity (Wildman–Crippen MR) is 132 cm³/mol. The Kier molecular flexibility index (Phi) is 29.1. The molecule has 0 fully saturated rings. The second-order valence-corrected chi connectivity index (χ2v) is 8.25. The number of aliphatic hydroxyl groups excluding tert-OH is 1. The molecule has 5 heteroatoms. The van der Waals surface area contributed by atoms with Gasteiger partial charge in [-0.2, -0.15) is 0 Å². The molecule has 5 nitrogen and oxygen atoms in total. The van der Waals surface area contributed by atoms with E-state index in [2.05, 4.69) is 24.4 Å². The third kappa shape index (κ3) is 29.5. The van der Waals surface area contributed by atoms with Crippen LogP contribution in [0.3, 0.4) is 0 Å². The lowest BCUT2D eigenvalue weighted by Crippen LogP contribution is -2.23. The highest BCUT2D eigenvalue weighted by atomic mass is 16.5. The molecule has 0 radical (unpaired) electrons. The van der Waals surface area contributed by atoms with Crippen molar-refractivity contribution in [2.45, 2.75) is 96.8 Å². The van der Waals surface area contributed by atoms with Crippen LogP contribution in [-0.2, 0) is 14.2 Å². The minimum Gasteiger partial charge on any atom is -0.395 e. The van der Waals surface area contributed by atoms with E-state index in [1.165, 1.54) is 83.5 Å². The normalized spacial score (nSPS) is 11.7. The Morgan fingerprint density at radius 1 is 0.548 bits per heavy atom. The Morgan fingerprint density at radius 2 is 1.03 bits per heavy atom. The van der Waals surface area contributed by atoms with Crippen molar-refractivity contribution in [1.82, 2.24) is 5.32 Å². The first-order valence-electron chi connectivity index (χ1n) is 13.1. The van der Waals surface area contributed by atoms with E-state index in [1.807, 2.05) is 0 Å². The number of allylic oxidation sites excluding steroid dienone is 2. The van der Waals surface area contributed by atoms with Crippen molar-refractivity contribution in [2.24, 2.45) is 0 Å². The van der Waals surface area contributed by atoms with E-state index in [0.29, 0.717) is 39.6 Å². The molecule has 0 aromatic carbocycles. The summed E-state index contributed by atoms with van der Waals surface area (Å²) in [6.45, 7) is 7.84. The van der Waals surface area contributed by atoms with Crippen molar-refractivity contribution < 1.29 is 19.3 Å². The summed E-state index contributed by atoms with van der Waals surface area (Å²) in [4.78, 5) is 0. The molecule has 0 aliphatic rings. The second-order valence-electron chi connectivity index (χ2n) is 8.25. The van der Waals surface area contributed by atoms with E-state index >= 15 is 0 Å². The Balaban J connectivity index is 3.04. The highest BCUT2D eigenvalue weighted by molar-refractivity contribution is 4.81. The molecule has 186 valence electrons. The van der Waals surface area contributed by atoms with Crippen LogP contribution in [0, 0.1) is 0 Å². The van der Waals surface area contributed by atoms with E-state index < -0.39 is 0 Å². The third-order valence-electron chi connectivity index (χ3n) is 5.26. The molecule has 2 N–H and O–H groups in total. The number of hydrogen-bond donors (Lipinski definition) is 2. The standard InChI is InChI=1S/C26H53NO4/c1-2-3-4-5-6-7-8-9-10-11-12-13-14-15-16-17-21-29-23-25-31-26-24-30-22-19-27-18-20-28/h9-10,27-28H,2-8,11-26H2,1H3/b10-9+. The van der Waals surface area contributed by atoms with Gasteiger partial charge in [0.1, 0.15) is 0 Å². The zero-order chi connectivity index (χ0) is 22.5. The van der Waals surface area contributed by atoms with Gasteiger partial charge in [0.2, 0.25) is 0 Å². The van der Waals surface area contributed by atoms with E-state index in [1.54, 1.807) is 0 Å². The summed E-state index contributed by atoms with van der Waals surface area (Å²) in [5, 5.41) is 11.7. The zero-order valence-electron chi connectivity index (χ0n) is 20.6. The summed E-state index contributed by atoms with van der Waals surface area (Å²) in [6.07, 6.45) is 23.5. The number of hydrogen-bond acceptors (Lipinski definition) is 5. The summed E-state index contributed by atoms with van der Waals surface area (Å²) in [6, 6.07) is 0. The molecule has 0 amide bonds. The van der Waals surface area contributed by atoms with Crippen LogP contribution in [0.2, 0.25) is 0 Å². The quantitative estimate of drug-likeness (QED) is 0.127. The highest BCUT2D eigenvalue weighted by Crippen LogP contribution is 2.10. The second kappa shape index (κ2) is 29.5. The molecular weight excluding hydrogens is 390 g/mol. The lowest BCUT2D eigenvalue weighted by atomic mass is 10.1. The van der Waals surface area contributed by atoms with Crippen molar-refractivity contribution in [1.29, 1.82) is 0 Å². The van der Waals surface area contributed by atoms with E-state index in [-0.39, 0.29) is 6.61 Å². The van der Waals surface area contributed by atoms with Crippen molar-refractivity contribution >= 4 is 0 Å². The lowest BCUT2D eigenvalue weighted by Gasteiger charge is -2.07. The molecule has 0 aliphatic carbocycles. The summed E-state index contributed by atoms with van der Waals surface area (Å²) >= 11 is 0.